The fourth-order valence-corrected chi connectivity index (χ4v) is 1.24. The molecule has 0 unspecified atom stereocenters. The maximum absolute atomic E-state index is 13.4. The van der Waals surface area contributed by atoms with Gasteiger partial charge in [0.05, 0.1) is 11.7 Å². The van der Waals surface area contributed by atoms with Gasteiger partial charge in [0.25, 0.3) is 0 Å². The highest BCUT2D eigenvalue weighted by Crippen LogP contribution is 2.15. The Kier molecular flexibility index (Phi) is 4.01. The monoisotopic (exact) mass is 224 g/mol. The predicted octanol–water partition coefficient (Wildman–Crippen LogP) is 2.06. The van der Waals surface area contributed by atoms with E-state index in [2.05, 4.69) is 5.32 Å². The summed E-state index contributed by atoms with van der Waals surface area (Å²) in [6.07, 6.45) is 0. The van der Waals surface area contributed by atoms with Crippen molar-refractivity contribution in [3.05, 3.63) is 29.6 Å². The maximum atomic E-state index is 13.4. The Labute approximate surface area is 94.8 Å². The molecule has 0 spiro atoms. The molecule has 1 aromatic rings. The molecule has 0 fully saturated rings. The van der Waals surface area contributed by atoms with Crippen molar-refractivity contribution in [2.45, 2.75) is 26.8 Å². The predicted molar refractivity (Wildman–Crippen MR) is 62.6 cm³/mol. The van der Waals surface area contributed by atoms with E-state index in [1.807, 2.05) is 13.8 Å². The molecule has 0 heterocycles. The number of amides is 1. The molecule has 4 heteroatoms. The third-order valence-electron chi connectivity index (χ3n) is 2.40. The SMILES string of the molecule is Cc1ccc(NC(=O)[C@@H](N)C(C)C)c(F)c1. The van der Waals surface area contributed by atoms with Crippen molar-refractivity contribution < 1.29 is 9.18 Å². The minimum absolute atomic E-state index is 0.0218. The third kappa shape index (κ3) is 3.03. The molecule has 0 saturated carbocycles. The quantitative estimate of drug-likeness (QED) is 0.825. The van der Waals surface area contributed by atoms with Crippen molar-refractivity contribution >= 4 is 11.6 Å². The van der Waals surface area contributed by atoms with E-state index in [1.54, 1.807) is 13.0 Å². The van der Waals surface area contributed by atoms with Crippen LogP contribution in [0.3, 0.4) is 0 Å². The molecule has 0 aliphatic rings. The number of anilines is 1. The van der Waals surface area contributed by atoms with Crippen LogP contribution in [0.1, 0.15) is 19.4 Å². The Balaban J connectivity index is 2.77. The first-order chi connectivity index (χ1) is 7.41. The van der Waals surface area contributed by atoms with Gasteiger partial charge in [0.15, 0.2) is 0 Å². The van der Waals surface area contributed by atoms with Crippen LogP contribution in [0.5, 0.6) is 0 Å². The Bertz CT molecular complexity index is 391. The van der Waals surface area contributed by atoms with Gasteiger partial charge in [0.1, 0.15) is 5.82 Å². The van der Waals surface area contributed by atoms with Crippen molar-refractivity contribution in [2.75, 3.05) is 5.32 Å². The molecule has 0 aliphatic carbocycles. The van der Waals surface area contributed by atoms with Crippen LogP contribution in [-0.2, 0) is 4.79 Å². The highest BCUT2D eigenvalue weighted by Gasteiger charge is 2.18. The van der Waals surface area contributed by atoms with Gasteiger partial charge in [-0.3, -0.25) is 4.79 Å². The van der Waals surface area contributed by atoms with Crippen molar-refractivity contribution in [3.63, 3.8) is 0 Å². The van der Waals surface area contributed by atoms with E-state index < -0.39 is 11.9 Å². The minimum atomic E-state index is -0.624. The molecule has 0 saturated heterocycles. The second-order valence-electron chi connectivity index (χ2n) is 4.24. The fraction of sp³-hybridized carbons (Fsp3) is 0.417. The van der Waals surface area contributed by atoms with Gasteiger partial charge in [-0.05, 0) is 30.5 Å². The number of halogens is 1. The van der Waals surface area contributed by atoms with Gasteiger partial charge in [-0.2, -0.15) is 0 Å². The Morgan fingerprint density at radius 2 is 2.06 bits per heavy atom. The number of nitrogens with two attached hydrogens (primary N) is 1. The average Bonchev–Trinajstić information content (AvgIpc) is 2.20. The summed E-state index contributed by atoms with van der Waals surface area (Å²) < 4.78 is 13.4. The average molecular weight is 224 g/mol. The minimum Gasteiger partial charge on any atom is -0.322 e. The second kappa shape index (κ2) is 5.07. The lowest BCUT2D eigenvalue weighted by atomic mass is 10.0. The fourth-order valence-electron chi connectivity index (χ4n) is 1.24. The Hall–Kier alpha value is -1.42. The third-order valence-corrected chi connectivity index (χ3v) is 2.40. The zero-order chi connectivity index (χ0) is 12.3. The van der Waals surface area contributed by atoms with Crippen LogP contribution in [0.2, 0.25) is 0 Å². The zero-order valence-corrected chi connectivity index (χ0v) is 9.75. The van der Waals surface area contributed by atoms with Gasteiger partial charge in [-0.25, -0.2) is 4.39 Å². The molecule has 1 atom stereocenters. The summed E-state index contributed by atoms with van der Waals surface area (Å²) in [7, 11) is 0. The Morgan fingerprint density at radius 3 is 2.56 bits per heavy atom. The maximum Gasteiger partial charge on any atom is 0.241 e. The molecule has 1 aromatic carbocycles. The summed E-state index contributed by atoms with van der Waals surface area (Å²) in [4.78, 5) is 11.6. The topological polar surface area (TPSA) is 55.1 Å². The molecule has 1 rings (SSSR count). The van der Waals surface area contributed by atoms with Gasteiger partial charge >= 0.3 is 0 Å². The van der Waals surface area contributed by atoms with E-state index in [9.17, 15) is 9.18 Å². The van der Waals surface area contributed by atoms with Crippen molar-refractivity contribution in [2.24, 2.45) is 11.7 Å². The number of hydrogen-bond donors (Lipinski definition) is 2. The lowest BCUT2D eigenvalue weighted by molar-refractivity contribution is -0.118. The normalized spacial score (nSPS) is 12.6. The van der Waals surface area contributed by atoms with Crippen molar-refractivity contribution in [1.82, 2.24) is 0 Å². The largest absolute Gasteiger partial charge is 0.322 e. The molecular formula is C12H17FN2O. The molecular weight excluding hydrogens is 207 g/mol. The molecule has 1 amide bonds. The number of aryl methyl sites for hydroxylation is 1. The molecule has 0 aromatic heterocycles. The summed E-state index contributed by atoms with van der Waals surface area (Å²) >= 11 is 0. The highest BCUT2D eigenvalue weighted by atomic mass is 19.1. The van der Waals surface area contributed by atoms with Gasteiger partial charge in [-0.15, -0.1) is 0 Å². The van der Waals surface area contributed by atoms with Crippen LogP contribution < -0.4 is 11.1 Å². The number of benzene rings is 1. The van der Waals surface area contributed by atoms with E-state index in [4.69, 9.17) is 5.73 Å². The van der Waals surface area contributed by atoms with Crippen LogP contribution in [0.15, 0.2) is 18.2 Å². The molecule has 88 valence electrons. The van der Waals surface area contributed by atoms with E-state index in [0.717, 1.165) is 5.56 Å². The first-order valence-electron chi connectivity index (χ1n) is 5.24. The molecule has 3 N–H and O–H groups in total. The first-order valence-corrected chi connectivity index (χ1v) is 5.24. The van der Waals surface area contributed by atoms with Gasteiger partial charge < -0.3 is 11.1 Å². The number of carbonyl (C=O) groups excluding carboxylic acids is 1. The summed E-state index contributed by atoms with van der Waals surface area (Å²) in [5.41, 5.74) is 6.64. The standard InChI is InChI=1S/C12H17FN2O/c1-7(2)11(14)12(16)15-10-5-4-8(3)6-9(10)13/h4-7,11H,14H2,1-3H3,(H,15,16)/t11-/m0/s1. The zero-order valence-electron chi connectivity index (χ0n) is 9.75. The summed E-state index contributed by atoms with van der Waals surface area (Å²) in [6, 6.07) is 4.02. The highest BCUT2D eigenvalue weighted by molar-refractivity contribution is 5.94. The van der Waals surface area contributed by atoms with E-state index in [0.29, 0.717) is 0 Å². The van der Waals surface area contributed by atoms with E-state index in [1.165, 1.54) is 12.1 Å². The van der Waals surface area contributed by atoms with E-state index in [-0.39, 0.29) is 17.5 Å². The van der Waals surface area contributed by atoms with Crippen molar-refractivity contribution in [3.8, 4) is 0 Å². The number of rotatable bonds is 3. The van der Waals surface area contributed by atoms with E-state index >= 15 is 0 Å². The van der Waals surface area contributed by atoms with Crippen LogP contribution >= 0.6 is 0 Å². The van der Waals surface area contributed by atoms with Crippen LogP contribution in [0.4, 0.5) is 10.1 Å². The van der Waals surface area contributed by atoms with Gasteiger partial charge in [0, 0.05) is 0 Å². The van der Waals surface area contributed by atoms with Crippen LogP contribution in [0, 0.1) is 18.7 Å². The van der Waals surface area contributed by atoms with Crippen LogP contribution in [0.25, 0.3) is 0 Å². The van der Waals surface area contributed by atoms with Gasteiger partial charge in [-0.1, -0.05) is 19.9 Å². The second-order valence-corrected chi connectivity index (χ2v) is 4.24. The lowest BCUT2D eigenvalue weighted by Crippen LogP contribution is -2.39. The molecule has 0 aliphatic heterocycles. The number of hydrogen-bond acceptors (Lipinski definition) is 2. The molecule has 16 heavy (non-hydrogen) atoms. The summed E-state index contributed by atoms with van der Waals surface area (Å²) in [5.74, 6) is -0.782. The molecule has 3 nitrogen and oxygen atoms in total. The summed E-state index contributed by atoms with van der Waals surface area (Å²) in [6.45, 7) is 5.47. The first kappa shape index (κ1) is 12.6. The van der Waals surface area contributed by atoms with Crippen LogP contribution in [-0.4, -0.2) is 11.9 Å². The summed E-state index contributed by atoms with van der Waals surface area (Å²) in [5, 5.41) is 2.48. The Morgan fingerprint density at radius 1 is 1.44 bits per heavy atom. The van der Waals surface area contributed by atoms with Crippen molar-refractivity contribution in [1.29, 1.82) is 0 Å². The lowest BCUT2D eigenvalue weighted by Gasteiger charge is -2.15. The van der Waals surface area contributed by atoms with Gasteiger partial charge in [0.2, 0.25) is 5.91 Å². The molecule has 0 radical (unpaired) electrons. The smallest absolute Gasteiger partial charge is 0.241 e. The number of nitrogens with one attached hydrogen (secondary N) is 1. The molecule has 0 bridgehead atoms. The number of carbonyl (C=O) groups is 1.